The molecular weight excluding hydrogens is 178 g/mol. The molecule has 0 saturated carbocycles. The molecule has 1 fully saturated rings. The molecule has 0 amide bonds. The number of likely N-dealkylation sites (tertiary alicyclic amines) is 1. The molecule has 1 aliphatic rings. The van der Waals surface area contributed by atoms with Gasteiger partial charge in [-0.3, -0.25) is 4.90 Å². The predicted octanol–water partition coefficient (Wildman–Crippen LogP) is 2.74. The van der Waals surface area contributed by atoms with Crippen LogP contribution in [0.5, 0.6) is 0 Å². The molecule has 2 unspecified atom stereocenters. The number of hydrogen-bond donors (Lipinski definition) is 1. The van der Waals surface area contributed by atoms with E-state index in [1.54, 1.807) is 0 Å². The van der Waals surface area contributed by atoms with Crippen molar-refractivity contribution < 1.29 is 0 Å². The number of rotatable bonds is 3. The SMILES string of the molecule is CC1CCCC(C)N1C/C=C/CS. The van der Waals surface area contributed by atoms with Crippen LogP contribution in [0.4, 0.5) is 0 Å². The van der Waals surface area contributed by atoms with E-state index >= 15 is 0 Å². The van der Waals surface area contributed by atoms with Crippen LogP contribution in [0.2, 0.25) is 0 Å². The molecule has 0 N–H and O–H groups in total. The van der Waals surface area contributed by atoms with Gasteiger partial charge in [0.25, 0.3) is 0 Å². The van der Waals surface area contributed by atoms with E-state index in [-0.39, 0.29) is 0 Å². The van der Waals surface area contributed by atoms with E-state index in [1.807, 2.05) is 0 Å². The van der Waals surface area contributed by atoms with Crippen LogP contribution in [-0.2, 0) is 0 Å². The number of thiol groups is 1. The van der Waals surface area contributed by atoms with Gasteiger partial charge in [-0.1, -0.05) is 18.6 Å². The Balaban J connectivity index is 2.39. The first kappa shape index (κ1) is 11.1. The van der Waals surface area contributed by atoms with Crippen LogP contribution in [0.3, 0.4) is 0 Å². The molecule has 1 aliphatic heterocycles. The Hall–Kier alpha value is 0.0500. The fraction of sp³-hybridized carbons (Fsp3) is 0.818. The third-order valence-corrected chi connectivity index (χ3v) is 3.18. The van der Waals surface area contributed by atoms with Crippen LogP contribution in [0.1, 0.15) is 33.1 Å². The fourth-order valence-corrected chi connectivity index (χ4v) is 2.25. The highest BCUT2D eigenvalue weighted by molar-refractivity contribution is 7.80. The van der Waals surface area contributed by atoms with Gasteiger partial charge in [-0.05, 0) is 26.7 Å². The van der Waals surface area contributed by atoms with E-state index in [0.717, 1.165) is 24.4 Å². The zero-order valence-corrected chi connectivity index (χ0v) is 9.63. The minimum atomic E-state index is 0.758. The Morgan fingerprint density at radius 3 is 2.38 bits per heavy atom. The average molecular weight is 199 g/mol. The summed E-state index contributed by atoms with van der Waals surface area (Å²) in [5, 5.41) is 0. The quantitative estimate of drug-likeness (QED) is 0.540. The van der Waals surface area contributed by atoms with E-state index in [0.29, 0.717) is 0 Å². The number of hydrogen-bond acceptors (Lipinski definition) is 2. The molecule has 1 heterocycles. The molecule has 0 aromatic rings. The lowest BCUT2D eigenvalue weighted by atomic mass is 9.98. The summed E-state index contributed by atoms with van der Waals surface area (Å²) in [6, 6.07) is 1.52. The highest BCUT2D eigenvalue weighted by Crippen LogP contribution is 2.21. The summed E-state index contributed by atoms with van der Waals surface area (Å²) in [5.74, 6) is 0.858. The van der Waals surface area contributed by atoms with Gasteiger partial charge in [0.15, 0.2) is 0 Å². The van der Waals surface area contributed by atoms with Crippen molar-refractivity contribution in [3.63, 3.8) is 0 Å². The smallest absolute Gasteiger partial charge is 0.0169 e. The van der Waals surface area contributed by atoms with Crippen LogP contribution in [0.15, 0.2) is 12.2 Å². The Bertz CT molecular complexity index is 157. The van der Waals surface area contributed by atoms with Crippen molar-refractivity contribution in [3.8, 4) is 0 Å². The second-order valence-corrected chi connectivity index (χ2v) is 4.34. The Morgan fingerprint density at radius 2 is 1.85 bits per heavy atom. The third kappa shape index (κ3) is 3.35. The molecule has 0 bridgehead atoms. The van der Waals surface area contributed by atoms with Gasteiger partial charge in [0, 0.05) is 24.4 Å². The molecule has 1 rings (SSSR count). The van der Waals surface area contributed by atoms with Gasteiger partial charge >= 0.3 is 0 Å². The van der Waals surface area contributed by atoms with Crippen molar-refractivity contribution in [1.29, 1.82) is 0 Å². The highest BCUT2D eigenvalue weighted by atomic mass is 32.1. The molecule has 2 heteroatoms. The topological polar surface area (TPSA) is 3.24 Å². The van der Waals surface area contributed by atoms with Gasteiger partial charge in [0.2, 0.25) is 0 Å². The van der Waals surface area contributed by atoms with Crippen LogP contribution < -0.4 is 0 Å². The number of piperidine rings is 1. The van der Waals surface area contributed by atoms with E-state index < -0.39 is 0 Å². The molecule has 0 radical (unpaired) electrons. The summed E-state index contributed by atoms with van der Waals surface area (Å²) in [5.41, 5.74) is 0. The minimum absolute atomic E-state index is 0.758. The first-order chi connectivity index (χ1) is 6.25. The van der Waals surface area contributed by atoms with E-state index in [2.05, 4.69) is 43.5 Å². The van der Waals surface area contributed by atoms with Gasteiger partial charge < -0.3 is 0 Å². The molecule has 2 atom stereocenters. The summed E-state index contributed by atoms with van der Waals surface area (Å²) >= 11 is 4.16. The Kier molecular flexibility index (Phi) is 4.89. The molecule has 0 aromatic heterocycles. The van der Waals surface area contributed by atoms with Crippen LogP contribution in [0, 0.1) is 0 Å². The average Bonchev–Trinajstić information content (AvgIpc) is 2.10. The normalized spacial score (nSPS) is 31.3. The van der Waals surface area contributed by atoms with E-state index in [4.69, 9.17) is 0 Å². The van der Waals surface area contributed by atoms with Crippen molar-refractivity contribution in [2.45, 2.75) is 45.2 Å². The first-order valence-corrected chi connectivity index (χ1v) is 5.90. The second kappa shape index (κ2) is 5.71. The second-order valence-electron chi connectivity index (χ2n) is 3.98. The largest absolute Gasteiger partial charge is 0.294 e. The zero-order chi connectivity index (χ0) is 9.68. The summed E-state index contributed by atoms with van der Waals surface area (Å²) in [6.07, 6.45) is 8.50. The monoisotopic (exact) mass is 199 g/mol. The van der Waals surface area contributed by atoms with Crippen molar-refractivity contribution in [1.82, 2.24) is 4.90 Å². The molecule has 0 spiro atoms. The summed E-state index contributed by atoms with van der Waals surface area (Å²) < 4.78 is 0. The standard InChI is InChI=1S/C11H21NS/c1-10-6-5-7-11(2)12(10)8-3-4-9-13/h3-4,10-11,13H,5-9H2,1-2H3/b4-3+. The summed E-state index contributed by atoms with van der Waals surface area (Å²) in [6.45, 7) is 5.78. The third-order valence-electron chi connectivity index (χ3n) is 2.96. The minimum Gasteiger partial charge on any atom is -0.294 e. The molecule has 0 aromatic carbocycles. The Morgan fingerprint density at radius 1 is 1.23 bits per heavy atom. The van der Waals surface area contributed by atoms with Gasteiger partial charge in [-0.25, -0.2) is 0 Å². The highest BCUT2D eigenvalue weighted by Gasteiger charge is 2.22. The van der Waals surface area contributed by atoms with Crippen LogP contribution in [-0.4, -0.2) is 29.3 Å². The summed E-state index contributed by atoms with van der Waals surface area (Å²) in [7, 11) is 0. The summed E-state index contributed by atoms with van der Waals surface area (Å²) in [4.78, 5) is 2.59. The van der Waals surface area contributed by atoms with E-state index in [1.165, 1.54) is 19.3 Å². The maximum absolute atomic E-state index is 4.16. The van der Waals surface area contributed by atoms with Crippen LogP contribution in [0.25, 0.3) is 0 Å². The molecule has 13 heavy (non-hydrogen) atoms. The van der Waals surface area contributed by atoms with Gasteiger partial charge in [0.1, 0.15) is 0 Å². The van der Waals surface area contributed by atoms with Crippen molar-refractivity contribution >= 4 is 12.6 Å². The van der Waals surface area contributed by atoms with E-state index in [9.17, 15) is 0 Å². The maximum Gasteiger partial charge on any atom is 0.0169 e. The van der Waals surface area contributed by atoms with Gasteiger partial charge in [-0.15, -0.1) is 0 Å². The first-order valence-electron chi connectivity index (χ1n) is 5.27. The Labute approximate surface area is 87.6 Å². The van der Waals surface area contributed by atoms with Gasteiger partial charge in [0.05, 0.1) is 0 Å². The van der Waals surface area contributed by atoms with Crippen molar-refractivity contribution in [2.75, 3.05) is 12.3 Å². The lowest BCUT2D eigenvalue weighted by Crippen LogP contribution is -2.43. The molecule has 76 valence electrons. The molecule has 0 aliphatic carbocycles. The lowest BCUT2D eigenvalue weighted by molar-refractivity contribution is 0.119. The van der Waals surface area contributed by atoms with Crippen LogP contribution >= 0.6 is 12.6 Å². The van der Waals surface area contributed by atoms with Crippen molar-refractivity contribution in [3.05, 3.63) is 12.2 Å². The molecule has 1 nitrogen and oxygen atoms in total. The lowest BCUT2D eigenvalue weighted by Gasteiger charge is -2.38. The van der Waals surface area contributed by atoms with Crippen molar-refractivity contribution in [2.24, 2.45) is 0 Å². The zero-order valence-electron chi connectivity index (χ0n) is 8.74. The predicted molar refractivity (Wildman–Crippen MR) is 62.5 cm³/mol. The number of nitrogens with zero attached hydrogens (tertiary/aromatic N) is 1. The molecular formula is C11H21NS. The van der Waals surface area contributed by atoms with Gasteiger partial charge in [-0.2, -0.15) is 12.6 Å². The molecule has 1 saturated heterocycles. The maximum atomic E-state index is 4.16. The fourth-order valence-electron chi connectivity index (χ4n) is 2.11.